The Labute approximate surface area is 133 Å². The van der Waals surface area contributed by atoms with Gasteiger partial charge in [0, 0.05) is 4.47 Å². The zero-order chi connectivity index (χ0) is 14.2. The molecular weight excluding hydrogens is 308 g/mol. The molecular formula is C19H29Br. The Morgan fingerprint density at radius 3 is 2.10 bits per heavy atom. The SMILES string of the molecule is CCCCC[C@H]1CC[C@H](CCc2ccc(Br)cc2)CC1. The highest BCUT2D eigenvalue weighted by Gasteiger charge is 2.20. The lowest BCUT2D eigenvalue weighted by atomic mass is 9.78. The Morgan fingerprint density at radius 1 is 0.900 bits per heavy atom. The van der Waals surface area contributed by atoms with Crippen LogP contribution < -0.4 is 0 Å². The van der Waals surface area contributed by atoms with E-state index in [2.05, 4.69) is 47.1 Å². The van der Waals surface area contributed by atoms with E-state index in [0.717, 1.165) is 11.8 Å². The number of benzene rings is 1. The Morgan fingerprint density at radius 2 is 1.50 bits per heavy atom. The molecule has 1 fully saturated rings. The number of aryl methyl sites for hydroxylation is 1. The average Bonchev–Trinajstić information content (AvgIpc) is 2.48. The summed E-state index contributed by atoms with van der Waals surface area (Å²) in [5.74, 6) is 2.03. The van der Waals surface area contributed by atoms with Gasteiger partial charge in [-0.1, -0.05) is 86.4 Å². The molecule has 0 amide bonds. The maximum Gasteiger partial charge on any atom is 0.0175 e. The molecule has 0 spiro atoms. The molecule has 20 heavy (non-hydrogen) atoms. The van der Waals surface area contributed by atoms with Crippen LogP contribution >= 0.6 is 15.9 Å². The first kappa shape index (κ1) is 16.1. The van der Waals surface area contributed by atoms with Crippen LogP contribution in [0, 0.1) is 11.8 Å². The largest absolute Gasteiger partial charge is 0.0654 e. The van der Waals surface area contributed by atoms with Crippen molar-refractivity contribution >= 4 is 15.9 Å². The molecule has 0 nitrogen and oxygen atoms in total. The van der Waals surface area contributed by atoms with Crippen molar-refractivity contribution in [3.8, 4) is 0 Å². The second-order valence-corrected chi connectivity index (χ2v) is 7.46. The van der Waals surface area contributed by atoms with Gasteiger partial charge in [0.05, 0.1) is 0 Å². The molecule has 1 aromatic rings. The highest BCUT2D eigenvalue weighted by molar-refractivity contribution is 9.10. The van der Waals surface area contributed by atoms with Gasteiger partial charge < -0.3 is 0 Å². The second-order valence-electron chi connectivity index (χ2n) is 6.55. The van der Waals surface area contributed by atoms with Gasteiger partial charge in [0.2, 0.25) is 0 Å². The predicted molar refractivity (Wildman–Crippen MR) is 92.1 cm³/mol. The fourth-order valence-electron chi connectivity index (χ4n) is 3.51. The van der Waals surface area contributed by atoms with Crippen LogP contribution in [0.1, 0.15) is 70.3 Å². The van der Waals surface area contributed by atoms with E-state index >= 15 is 0 Å². The van der Waals surface area contributed by atoms with Gasteiger partial charge >= 0.3 is 0 Å². The molecule has 0 aliphatic heterocycles. The van der Waals surface area contributed by atoms with Crippen molar-refractivity contribution < 1.29 is 0 Å². The van der Waals surface area contributed by atoms with Gasteiger partial charge in [-0.15, -0.1) is 0 Å². The molecule has 0 saturated heterocycles. The van der Waals surface area contributed by atoms with Crippen molar-refractivity contribution in [3.63, 3.8) is 0 Å². The third-order valence-corrected chi connectivity index (χ3v) is 5.47. The summed E-state index contributed by atoms with van der Waals surface area (Å²) < 4.78 is 1.19. The number of unbranched alkanes of at least 4 members (excludes halogenated alkanes) is 2. The van der Waals surface area contributed by atoms with Gasteiger partial charge in [0.15, 0.2) is 0 Å². The van der Waals surface area contributed by atoms with Crippen LogP contribution in [0.25, 0.3) is 0 Å². The minimum absolute atomic E-state index is 0.987. The summed E-state index contributed by atoms with van der Waals surface area (Å²) in [7, 11) is 0. The maximum atomic E-state index is 3.51. The zero-order valence-electron chi connectivity index (χ0n) is 12.9. The first-order chi connectivity index (χ1) is 9.78. The van der Waals surface area contributed by atoms with Crippen LogP contribution in [0.15, 0.2) is 28.7 Å². The summed E-state index contributed by atoms with van der Waals surface area (Å²) in [5, 5.41) is 0. The molecule has 1 saturated carbocycles. The maximum absolute atomic E-state index is 3.51. The Balaban J connectivity index is 1.63. The molecule has 0 unspecified atom stereocenters. The minimum atomic E-state index is 0.987. The molecule has 0 atom stereocenters. The van der Waals surface area contributed by atoms with Crippen molar-refractivity contribution in [3.05, 3.63) is 34.3 Å². The number of hydrogen-bond donors (Lipinski definition) is 0. The molecule has 0 bridgehead atoms. The number of hydrogen-bond acceptors (Lipinski definition) is 0. The molecule has 0 N–H and O–H groups in total. The topological polar surface area (TPSA) is 0 Å². The van der Waals surface area contributed by atoms with Crippen molar-refractivity contribution in [1.82, 2.24) is 0 Å². The third kappa shape index (κ3) is 5.60. The summed E-state index contributed by atoms with van der Waals surface area (Å²) >= 11 is 3.51. The Bertz CT molecular complexity index is 360. The van der Waals surface area contributed by atoms with Crippen LogP contribution in [0.2, 0.25) is 0 Å². The number of halogens is 1. The van der Waals surface area contributed by atoms with Crippen LogP contribution in [-0.2, 0) is 6.42 Å². The molecule has 0 heterocycles. The van der Waals surface area contributed by atoms with E-state index in [-0.39, 0.29) is 0 Å². The van der Waals surface area contributed by atoms with Crippen molar-refractivity contribution in [2.75, 3.05) is 0 Å². The molecule has 1 aromatic carbocycles. The summed E-state index contributed by atoms with van der Waals surface area (Å²) in [6.07, 6.45) is 14.4. The van der Waals surface area contributed by atoms with Crippen molar-refractivity contribution in [2.24, 2.45) is 11.8 Å². The van der Waals surface area contributed by atoms with Crippen LogP contribution in [0.3, 0.4) is 0 Å². The quantitative estimate of drug-likeness (QED) is 0.482. The lowest BCUT2D eigenvalue weighted by Gasteiger charge is -2.28. The van der Waals surface area contributed by atoms with Gasteiger partial charge in [0.25, 0.3) is 0 Å². The molecule has 0 aromatic heterocycles. The summed E-state index contributed by atoms with van der Waals surface area (Å²) in [4.78, 5) is 0. The molecule has 1 aliphatic rings. The monoisotopic (exact) mass is 336 g/mol. The minimum Gasteiger partial charge on any atom is -0.0654 e. The summed E-state index contributed by atoms with van der Waals surface area (Å²) in [5.41, 5.74) is 1.50. The molecule has 0 radical (unpaired) electrons. The van der Waals surface area contributed by atoms with Crippen LogP contribution in [0.4, 0.5) is 0 Å². The fraction of sp³-hybridized carbons (Fsp3) is 0.684. The highest BCUT2D eigenvalue weighted by Crippen LogP contribution is 2.34. The first-order valence-electron chi connectivity index (χ1n) is 8.52. The molecule has 1 heteroatoms. The molecule has 2 rings (SSSR count). The van der Waals surface area contributed by atoms with E-state index in [9.17, 15) is 0 Å². The summed E-state index contributed by atoms with van der Waals surface area (Å²) in [6.45, 7) is 2.30. The van der Waals surface area contributed by atoms with Gasteiger partial charge in [-0.3, -0.25) is 0 Å². The van der Waals surface area contributed by atoms with Crippen molar-refractivity contribution in [2.45, 2.75) is 71.1 Å². The third-order valence-electron chi connectivity index (χ3n) is 4.94. The first-order valence-corrected chi connectivity index (χ1v) is 9.31. The van der Waals surface area contributed by atoms with Gasteiger partial charge in [-0.05, 0) is 42.4 Å². The smallest absolute Gasteiger partial charge is 0.0175 e. The molecule has 1 aliphatic carbocycles. The van der Waals surface area contributed by atoms with Gasteiger partial charge in [0.1, 0.15) is 0 Å². The van der Waals surface area contributed by atoms with E-state index in [1.807, 2.05) is 0 Å². The predicted octanol–water partition coefficient (Wildman–Crippen LogP) is 6.77. The van der Waals surface area contributed by atoms with E-state index in [1.165, 1.54) is 74.2 Å². The van der Waals surface area contributed by atoms with Gasteiger partial charge in [-0.2, -0.15) is 0 Å². The normalized spacial score (nSPS) is 22.9. The van der Waals surface area contributed by atoms with E-state index in [1.54, 1.807) is 0 Å². The summed E-state index contributed by atoms with van der Waals surface area (Å²) in [6, 6.07) is 8.86. The average molecular weight is 337 g/mol. The van der Waals surface area contributed by atoms with E-state index in [0.29, 0.717) is 0 Å². The van der Waals surface area contributed by atoms with Crippen molar-refractivity contribution in [1.29, 1.82) is 0 Å². The number of rotatable bonds is 7. The Hall–Kier alpha value is -0.300. The Kier molecular flexibility index (Phi) is 7.13. The van der Waals surface area contributed by atoms with E-state index in [4.69, 9.17) is 0 Å². The lowest BCUT2D eigenvalue weighted by molar-refractivity contribution is 0.249. The lowest BCUT2D eigenvalue weighted by Crippen LogP contribution is -2.15. The highest BCUT2D eigenvalue weighted by atomic mass is 79.9. The van der Waals surface area contributed by atoms with E-state index < -0.39 is 0 Å². The molecule has 112 valence electrons. The van der Waals surface area contributed by atoms with Gasteiger partial charge in [-0.25, -0.2) is 0 Å². The fourth-order valence-corrected chi connectivity index (χ4v) is 3.78. The van der Waals surface area contributed by atoms with Crippen LogP contribution in [-0.4, -0.2) is 0 Å². The standard InChI is InChI=1S/C19H29Br/c1-2-3-4-5-16-6-8-17(9-7-16)10-11-18-12-14-19(20)15-13-18/h12-17H,2-11H2,1H3/t16-,17-. The zero-order valence-corrected chi connectivity index (χ0v) is 14.5. The van der Waals surface area contributed by atoms with Crippen LogP contribution in [0.5, 0.6) is 0 Å². The second kappa shape index (κ2) is 8.87.